The Morgan fingerprint density at radius 1 is 0.926 bits per heavy atom. The zero-order valence-electron chi connectivity index (χ0n) is 13.8. The van der Waals surface area contributed by atoms with E-state index >= 15 is 0 Å². The van der Waals surface area contributed by atoms with Crippen molar-refractivity contribution in [3.05, 3.63) is 0 Å². The van der Waals surface area contributed by atoms with E-state index in [9.17, 15) is 39.1 Å². The molecule has 1 aliphatic rings. The minimum Gasteiger partial charge on any atom is -0.394 e. The summed E-state index contributed by atoms with van der Waals surface area (Å²) in [7, 11) is -4.91. The Labute approximate surface area is 153 Å². The van der Waals surface area contributed by atoms with Gasteiger partial charge in [0.25, 0.3) is 0 Å². The second kappa shape index (κ2) is 10.3. The molecular formula is C12H24O14S. The van der Waals surface area contributed by atoms with Gasteiger partial charge in [-0.25, -0.2) is 4.18 Å². The van der Waals surface area contributed by atoms with Crippen LogP contribution in [0.4, 0.5) is 0 Å². The lowest BCUT2D eigenvalue weighted by molar-refractivity contribution is -0.326. The van der Waals surface area contributed by atoms with Crippen molar-refractivity contribution in [2.75, 3.05) is 19.8 Å². The first-order valence-electron chi connectivity index (χ1n) is 7.65. The van der Waals surface area contributed by atoms with Gasteiger partial charge in [0.1, 0.15) is 48.8 Å². The quantitative estimate of drug-likeness (QED) is 0.148. The minimum atomic E-state index is -4.91. The summed E-state index contributed by atoms with van der Waals surface area (Å²) in [5, 5.41) is 76.6. The molecule has 0 aromatic rings. The highest BCUT2D eigenvalue weighted by atomic mass is 32.3. The highest BCUT2D eigenvalue weighted by Gasteiger charge is 2.47. The maximum atomic E-state index is 10.6. The van der Waals surface area contributed by atoms with Crippen molar-refractivity contribution in [2.45, 2.75) is 55.1 Å². The van der Waals surface area contributed by atoms with E-state index in [0.29, 0.717) is 0 Å². The van der Waals surface area contributed by atoms with Crippen LogP contribution < -0.4 is 0 Å². The maximum absolute atomic E-state index is 10.6. The van der Waals surface area contributed by atoms with Gasteiger partial charge in [-0.15, -0.1) is 0 Å². The number of ether oxygens (including phenoxy) is 2. The van der Waals surface area contributed by atoms with E-state index in [2.05, 4.69) is 4.18 Å². The fourth-order valence-electron chi connectivity index (χ4n) is 2.30. The minimum absolute atomic E-state index is 0.945. The third-order valence-electron chi connectivity index (χ3n) is 3.83. The van der Waals surface area contributed by atoms with E-state index in [0.717, 1.165) is 0 Å². The van der Waals surface area contributed by atoms with Crippen molar-refractivity contribution in [3.8, 4) is 0 Å². The number of hydrogen-bond donors (Lipinski definition) is 9. The smallest absolute Gasteiger partial charge is 0.394 e. The first-order chi connectivity index (χ1) is 12.4. The molecule has 0 spiro atoms. The predicted molar refractivity (Wildman–Crippen MR) is 81.2 cm³/mol. The normalized spacial score (nSPS) is 34.0. The summed E-state index contributed by atoms with van der Waals surface area (Å²) in [5.74, 6) is 0. The van der Waals surface area contributed by atoms with Gasteiger partial charge >= 0.3 is 10.4 Å². The third-order valence-corrected chi connectivity index (χ3v) is 4.26. The van der Waals surface area contributed by atoms with Gasteiger partial charge in [0.15, 0.2) is 6.29 Å². The molecule has 0 amide bonds. The van der Waals surface area contributed by atoms with Crippen LogP contribution in [0.3, 0.4) is 0 Å². The Kier molecular flexibility index (Phi) is 9.35. The fraction of sp³-hybridized carbons (Fsp3) is 1.00. The summed E-state index contributed by atoms with van der Waals surface area (Å²) in [6.45, 7) is -2.90. The van der Waals surface area contributed by atoms with E-state index < -0.39 is 85.3 Å². The number of rotatable bonds is 10. The molecule has 162 valence electrons. The van der Waals surface area contributed by atoms with Crippen molar-refractivity contribution >= 4 is 10.4 Å². The molecule has 9 N–H and O–H groups in total. The molecule has 1 saturated heterocycles. The average Bonchev–Trinajstić information content (AvgIpc) is 2.62. The Bertz CT molecular complexity index is 542. The fourth-order valence-corrected chi connectivity index (χ4v) is 2.61. The molecular weight excluding hydrogens is 400 g/mol. The Morgan fingerprint density at radius 3 is 1.96 bits per heavy atom. The van der Waals surface area contributed by atoms with Crippen LogP contribution in [-0.4, -0.2) is 129 Å². The van der Waals surface area contributed by atoms with E-state index in [-0.39, 0.29) is 0 Å². The van der Waals surface area contributed by atoms with Gasteiger partial charge in [-0.05, 0) is 0 Å². The van der Waals surface area contributed by atoms with Gasteiger partial charge in [0.2, 0.25) is 0 Å². The lowest BCUT2D eigenvalue weighted by atomic mass is 9.98. The predicted octanol–water partition coefficient (Wildman–Crippen LogP) is -5.93. The van der Waals surface area contributed by atoms with Crippen molar-refractivity contribution < 1.29 is 67.5 Å². The number of aliphatic hydroxyl groups excluding tert-OH is 8. The summed E-state index contributed by atoms with van der Waals surface area (Å²) in [4.78, 5) is 0. The summed E-state index contributed by atoms with van der Waals surface area (Å²) in [5.41, 5.74) is 0. The lowest BCUT2D eigenvalue weighted by Crippen LogP contribution is -2.61. The molecule has 0 saturated carbocycles. The molecule has 0 radical (unpaired) electrons. The molecule has 9 atom stereocenters. The molecule has 27 heavy (non-hydrogen) atoms. The molecule has 0 unspecified atom stereocenters. The number of hydrogen-bond acceptors (Lipinski definition) is 13. The molecule has 1 rings (SSSR count). The molecule has 14 nitrogen and oxygen atoms in total. The maximum Gasteiger partial charge on any atom is 0.397 e. The molecule has 0 bridgehead atoms. The summed E-state index contributed by atoms with van der Waals surface area (Å²) < 4.78 is 43.9. The van der Waals surface area contributed by atoms with Crippen molar-refractivity contribution in [1.29, 1.82) is 0 Å². The largest absolute Gasteiger partial charge is 0.397 e. The Morgan fingerprint density at radius 2 is 1.48 bits per heavy atom. The highest BCUT2D eigenvalue weighted by molar-refractivity contribution is 7.80. The first kappa shape index (κ1) is 24.5. The van der Waals surface area contributed by atoms with Crippen LogP contribution in [-0.2, 0) is 24.1 Å². The van der Waals surface area contributed by atoms with Crippen LogP contribution >= 0.6 is 0 Å². The molecule has 1 fully saturated rings. The highest BCUT2D eigenvalue weighted by Crippen LogP contribution is 2.25. The van der Waals surface area contributed by atoms with Crippen LogP contribution in [0.2, 0.25) is 0 Å². The number of aliphatic hydroxyl groups is 8. The van der Waals surface area contributed by atoms with Crippen LogP contribution in [0.1, 0.15) is 0 Å². The molecule has 0 aromatic heterocycles. The monoisotopic (exact) mass is 424 g/mol. The Hall–Kier alpha value is -0.530. The van der Waals surface area contributed by atoms with Crippen molar-refractivity contribution in [3.63, 3.8) is 0 Å². The van der Waals surface area contributed by atoms with E-state index in [1.165, 1.54) is 0 Å². The van der Waals surface area contributed by atoms with Crippen LogP contribution in [0.5, 0.6) is 0 Å². The van der Waals surface area contributed by atoms with Gasteiger partial charge < -0.3 is 50.3 Å². The standard InChI is InChI=1S/C12H24O14S/c13-1-4(15)7(17)11(5(16)2-14)26-12-10(20)9(19)8(18)6(25-12)3-24-27(21,22)23/h4-20H,1-3H2,(H,21,22,23)/t4-,5+,6+,7+,8-,9-,10+,11+,12-/m0/s1. The van der Waals surface area contributed by atoms with Gasteiger partial charge in [-0.2, -0.15) is 8.42 Å². The zero-order valence-corrected chi connectivity index (χ0v) is 14.6. The molecule has 1 heterocycles. The van der Waals surface area contributed by atoms with Gasteiger partial charge in [-0.1, -0.05) is 0 Å². The van der Waals surface area contributed by atoms with Crippen LogP contribution in [0, 0.1) is 0 Å². The second-order valence-corrected chi connectivity index (χ2v) is 6.91. The Balaban J connectivity index is 2.95. The van der Waals surface area contributed by atoms with Gasteiger partial charge in [0, 0.05) is 0 Å². The molecule has 0 aromatic carbocycles. The lowest BCUT2D eigenvalue weighted by Gasteiger charge is -2.42. The summed E-state index contributed by atoms with van der Waals surface area (Å²) in [6.07, 6.45) is -16.8. The third kappa shape index (κ3) is 6.79. The topological polar surface area (TPSA) is 244 Å². The molecule has 0 aliphatic carbocycles. The van der Waals surface area contributed by atoms with E-state index in [1.54, 1.807) is 0 Å². The van der Waals surface area contributed by atoms with E-state index in [1.807, 2.05) is 0 Å². The van der Waals surface area contributed by atoms with E-state index in [4.69, 9.17) is 24.2 Å². The SMILES string of the molecule is O=S(=O)(O)OC[C@H]1O[C@@H](O[C@@H]([C@H](O)[C@@H](O)CO)[C@H](O)CO)[C@H](O)[C@@H](O)[C@H]1O. The van der Waals surface area contributed by atoms with Crippen LogP contribution in [0.25, 0.3) is 0 Å². The molecule has 1 aliphatic heterocycles. The van der Waals surface area contributed by atoms with Crippen LogP contribution in [0.15, 0.2) is 0 Å². The zero-order chi connectivity index (χ0) is 20.9. The second-order valence-electron chi connectivity index (χ2n) is 5.82. The first-order valence-corrected chi connectivity index (χ1v) is 9.02. The average molecular weight is 424 g/mol. The van der Waals surface area contributed by atoms with Gasteiger partial charge in [0.05, 0.1) is 19.8 Å². The van der Waals surface area contributed by atoms with Gasteiger partial charge in [-0.3, -0.25) is 4.55 Å². The summed E-state index contributed by atoms with van der Waals surface area (Å²) >= 11 is 0. The van der Waals surface area contributed by atoms with Crippen molar-refractivity contribution in [2.24, 2.45) is 0 Å². The summed E-state index contributed by atoms with van der Waals surface area (Å²) in [6, 6.07) is 0. The van der Waals surface area contributed by atoms with Crippen molar-refractivity contribution in [1.82, 2.24) is 0 Å². The molecule has 15 heteroatoms.